The van der Waals surface area contributed by atoms with Crippen LogP contribution in [0.5, 0.6) is 5.75 Å². The Kier molecular flexibility index (Phi) is 6.34. The Labute approximate surface area is 147 Å². The van der Waals surface area contributed by atoms with Crippen LogP contribution < -0.4 is 9.64 Å². The minimum Gasteiger partial charge on any atom is -0.497 e. The molecule has 0 heterocycles. The van der Waals surface area contributed by atoms with Crippen molar-refractivity contribution in [1.29, 1.82) is 0 Å². The van der Waals surface area contributed by atoms with Crippen LogP contribution in [0.15, 0.2) is 60.7 Å². The van der Waals surface area contributed by atoms with Gasteiger partial charge in [-0.15, -0.1) is 0 Å². The highest BCUT2D eigenvalue weighted by atomic mass is 16.5. The van der Waals surface area contributed by atoms with Crippen molar-refractivity contribution in [2.45, 2.75) is 13.0 Å². The lowest BCUT2D eigenvalue weighted by atomic mass is 10.2. The quantitative estimate of drug-likeness (QED) is 0.598. The molecule has 0 saturated carbocycles. The number of benzene rings is 2. The van der Waals surface area contributed by atoms with E-state index >= 15 is 0 Å². The minimum atomic E-state index is -0.877. The highest BCUT2D eigenvalue weighted by molar-refractivity contribution is 5.98. The fourth-order valence-corrected chi connectivity index (χ4v) is 2.19. The molecule has 0 aliphatic rings. The smallest absolute Gasteiger partial charge is 0.331 e. The molecule has 0 saturated heterocycles. The number of likely N-dealkylation sites (N-methyl/N-ethyl adjacent to an activating group) is 1. The summed E-state index contributed by atoms with van der Waals surface area (Å²) in [6.07, 6.45) is 2.05. The molecule has 2 aromatic rings. The molecular weight excluding hydrogens is 318 g/mol. The van der Waals surface area contributed by atoms with Crippen molar-refractivity contribution in [3.05, 3.63) is 66.2 Å². The van der Waals surface area contributed by atoms with Crippen LogP contribution in [0.1, 0.15) is 12.5 Å². The van der Waals surface area contributed by atoms with Gasteiger partial charge < -0.3 is 14.4 Å². The summed E-state index contributed by atoms with van der Waals surface area (Å²) >= 11 is 0. The Morgan fingerprint density at radius 1 is 1.04 bits per heavy atom. The lowest BCUT2D eigenvalue weighted by molar-refractivity contribution is -0.148. The molecule has 0 aliphatic heterocycles. The van der Waals surface area contributed by atoms with Gasteiger partial charge in [0.25, 0.3) is 5.91 Å². The number of nitrogens with zero attached hydrogens (tertiary/aromatic N) is 1. The number of rotatable bonds is 6. The number of anilines is 1. The van der Waals surface area contributed by atoms with E-state index in [1.807, 2.05) is 42.5 Å². The molecule has 2 rings (SSSR count). The van der Waals surface area contributed by atoms with E-state index < -0.39 is 12.1 Å². The van der Waals surface area contributed by atoms with Gasteiger partial charge in [-0.25, -0.2) is 4.79 Å². The average Bonchev–Trinajstić information content (AvgIpc) is 2.66. The van der Waals surface area contributed by atoms with Crippen LogP contribution in [0.2, 0.25) is 0 Å². The molecule has 5 nitrogen and oxygen atoms in total. The number of carbonyl (C=O) groups is 2. The van der Waals surface area contributed by atoms with E-state index in [2.05, 4.69) is 0 Å². The van der Waals surface area contributed by atoms with Gasteiger partial charge in [0, 0.05) is 18.8 Å². The summed E-state index contributed by atoms with van der Waals surface area (Å²) in [5, 5.41) is 0. The third-order valence-corrected chi connectivity index (χ3v) is 3.64. The third-order valence-electron chi connectivity index (χ3n) is 3.64. The van der Waals surface area contributed by atoms with Crippen molar-refractivity contribution in [3.63, 3.8) is 0 Å². The number of esters is 1. The second-order valence-electron chi connectivity index (χ2n) is 5.42. The van der Waals surface area contributed by atoms with Gasteiger partial charge in [-0.2, -0.15) is 0 Å². The van der Waals surface area contributed by atoms with Gasteiger partial charge in [0.15, 0.2) is 6.10 Å². The van der Waals surface area contributed by atoms with Gasteiger partial charge >= 0.3 is 5.97 Å². The third kappa shape index (κ3) is 5.21. The first kappa shape index (κ1) is 18.3. The fraction of sp³-hybridized carbons (Fsp3) is 0.200. The van der Waals surface area contributed by atoms with Crippen molar-refractivity contribution in [1.82, 2.24) is 0 Å². The molecule has 0 spiro atoms. The van der Waals surface area contributed by atoms with Crippen LogP contribution in [0.4, 0.5) is 5.69 Å². The molecule has 0 unspecified atom stereocenters. The summed E-state index contributed by atoms with van der Waals surface area (Å²) < 4.78 is 10.3. The number of carbonyl (C=O) groups excluding carboxylic acids is 2. The summed E-state index contributed by atoms with van der Waals surface area (Å²) in [6.45, 7) is 1.56. The van der Waals surface area contributed by atoms with Crippen LogP contribution in [0.3, 0.4) is 0 Å². The second-order valence-corrected chi connectivity index (χ2v) is 5.42. The van der Waals surface area contributed by atoms with E-state index in [4.69, 9.17) is 9.47 Å². The van der Waals surface area contributed by atoms with E-state index in [0.717, 1.165) is 17.0 Å². The summed E-state index contributed by atoms with van der Waals surface area (Å²) in [4.78, 5) is 25.7. The molecule has 0 fully saturated rings. The summed E-state index contributed by atoms with van der Waals surface area (Å²) in [6, 6.07) is 16.4. The lowest BCUT2D eigenvalue weighted by Gasteiger charge is -2.21. The molecule has 25 heavy (non-hydrogen) atoms. The maximum atomic E-state index is 12.3. The predicted molar refractivity (Wildman–Crippen MR) is 97.4 cm³/mol. The van der Waals surface area contributed by atoms with Crippen molar-refractivity contribution in [2.75, 3.05) is 19.1 Å². The minimum absolute atomic E-state index is 0.294. The molecule has 2 aromatic carbocycles. The van der Waals surface area contributed by atoms with Crippen LogP contribution in [0, 0.1) is 0 Å². The van der Waals surface area contributed by atoms with E-state index in [1.54, 1.807) is 39.3 Å². The largest absolute Gasteiger partial charge is 0.497 e. The fourth-order valence-electron chi connectivity index (χ4n) is 2.19. The van der Waals surface area contributed by atoms with Gasteiger partial charge in [-0.3, -0.25) is 4.79 Å². The zero-order valence-electron chi connectivity index (χ0n) is 14.5. The summed E-state index contributed by atoms with van der Waals surface area (Å²) in [5.74, 6) is -0.126. The van der Waals surface area contributed by atoms with E-state index in [-0.39, 0.29) is 5.91 Å². The predicted octanol–water partition coefficient (Wildman–Crippen LogP) is 3.30. The topological polar surface area (TPSA) is 55.8 Å². The molecular formula is C20H21NO4. The number of hydrogen-bond donors (Lipinski definition) is 0. The first-order valence-corrected chi connectivity index (χ1v) is 7.86. The first-order valence-electron chi connectivity index (χ1n) is 7.86. The van der Waals surface area contributed by atoms with Crippen molar-refractivity contribution < 1.29 is 19.1 Å². The first-order chi connectivity index (χ1) is 12.0. The van der Waals surface area contributed by atoms with Crippen LogP contribution in [-0.4, -0.2) is 32.1 Å². The van der Waals surface area contributed by atoms with Crippen LogP contribution in [0.25, 0.3) is 6.08 Å². The van der Waals surface area contributed by atoms with Gasteiger partial charge in [-0.1, -0.05) is 30.3 Å². The number of ether oxygens (including phenoxy) is 2. The maximum absolute atomic E-state index is 12.3. The number of methoxy groups -OCH3 is 1. The molecule has 130 valence electrons. The molecule has 0 radical (unpaired) electrons. The molecule has 5 heteroatoms. The van der Waals surface area contributed by atoms with E-state index in [1.165, 1.54) is 11.0 Å². The van der Waals surface area contributed by atoms with E-state index in [9.17, 15) is 9.59 Å². The zero-order chi connectivity index (χ0) is 18.2. The Morgan fingerprint density at radius 3 is 2.28 bits per heavy atom. The Bertz CT molecular complexity index is 738. The highest BCUT2D eigenvalue weighted by Gasteiger charge is 2.21. The standard InChI is InChI=1S/C20H21NO4/c1-15(20(23)21(2)17-7-5-4-6-8-17)25-19(22)14-11-16-9-12-18(24-3)13-10-16/h4-15H,1-3H3/b14-11+/t15-/m0/s1. The average molecular weight is 339 g/mol. The van der Waals surface area contributed by atoms with Crippen molar-refractivity contribution >= 4 is 23.6 Å². The van der Waals surface area contributed by atoms with Crippen LogP contribution in [-0.2, 0) is 14.3 Å². The Morgan fingerprint density at radius 2 is 1.68 bits per heavy atom. The van der Waals surface area contributed by atoms with Crippen molar-refractivity contribution in [2.24, 2.45) is 0 Å². The number of amides is 1. The normalized spacial score (nSPS) is 11.8. The van der Waals surface area contributed by atoms with Gasteiger partial charge in [0.2, 0.25) is 0 Å². The Balaban J connectivity index is 1.92. The molecule has 0 bridgehead atoms. The highest BCUT2D eigenvalue weighted by Crippen LogP contribution is 2.14. The van der Waals surface area contributed by atoms with Crippen molar-refractivity contribution in [3.8, 4) is 5.75 Å². The van der Waals surface area contributed by atoms with Crippen LogP contribution >= 0.6 is 0 Å². The number of hydrogen-bond acceptors (Lipinski definition) is 4. The lowest BCUT2D eigenvalue weighted by Crippen LogP contribution is -2.37. The molecule has 0 aromatic heterocycles. The zero-order valence-corrected chi connectivity index (χ0v) is 14.5. The Hall–Kier alpha value is -3.08. The summed E-state index contributed by atoms with van der Waals surface area (Å²) in [5.41, 5.74) is 1.57. The number of para-hydroxylation sites is 1. The molecule has 1 amide bonds. The van der Waals surface area contributed by atoms with Gasteiger partial charge in [0.1, 0.15) is 5.75 Å². The molecule has 0 N–H and O–H groups in total. The maximum Gasteiger partial charge on any atom is 0.331 e. The van der Waals surface area contributed by atoms with Gasteiger partial charge in [-0.05, 0) is 42.8 Å². The SMILES string of the molecule is COc1ccc(/C=C/C(=O)O[C@@H](C)C(=O)N(C)c2ccccc2)cc1. The van der Waals surface area contributed by atoms with Gasteiger partial charge in [0.05, 0.1) is 7.11 Å². The van der Waals surface area contributed by atoms with E-state index in [0.29, 0.717) is 0 Å². The second kappa shape index (κ2) is 8.68. The monoisotopic (exact) mass is 339 g/mol. The summed E-state index contributed by atoms with van der Waals surface area (Å²) in [7, 11) is 3.24. The molecule has 1 atom stereocenters. The molecule has 0 aliphatic carbocycles.